The lowest BCUT2D eigenvalue weighted by Gasteiger charge is -2.34. The molecule has 6 nitrogen and oxygen atoms in total. The fraction of sp³-hybridized carbons (Fsp3) is 0.304. The molecule has 30 heavy (non-hydrogen) atoms. The highest BCUT2D eigenvalue weighted by molar-refractivity contribution is 6.33. The fourth-order valence-electron chi connectivity index (χ4n) is 3.95. The minimum atomic E-state index is -0.107. The summed E-state index contributed by atoms with van der Waals surface area (Å²) in [5.74, 6) is -0.104. The highest BCUT2D eigenvalue weighted by Gasteiger charge is 2.24. The van der Waals surface area contributed by atoms with Crippen molar-refractivity contribution in [2.75, 3.05) is 38.0 Å². The van der Waals surface area contributed by atoms with Gasteiger partial charge in [0.2, 0.25) is 5.91 Å². The number of halogens is 1. The molecular weight excluding hydrogens is 400 g/mol. The van der Waals surface area contributed by atoms with Gasteiger partial charge in [0.05, 0.1) is 17.3 Å². The highest BCUT2D eigenvalue weighted by atomic mass is 35.5. The summed E-state index contributed by atoms with van der Waals surface area (Å²) in [6.45, 7) is 6.87. The molecule has 0 spiro atoms. The van der Waals surface area contributed by atoms with Crippen molar-refractivity contribution in [3.8, 4) is 0 Å². The van der Waals surface area contributed by atoms with Gasteiger partial charge in [-0.15, -0.1) is 0 Å². The van der Waals surface area contributed by atoms with E-state index in [1.807, 2.05) is 23.1 Å². The number of rotatable bonds is 4. The maximum absolute atomic E-state index is 13.0. The number of fused-ring (bicyclic) bond motifs is 1. The van der Waals surface area contributed by atoms with Gasteiger partial charge >= 0.3 is 0 Å². The first-order valence-corrected chi connectivity index (χ1v) is 10.4. The number of aryl methyl sites for hydroxylation is 2. The number of benzene rings is 2. The second-order valence-corrected chi connectivity index (χ2v) is 8.23. The van der Waals surface area contributed by atoms with Gasteiger partial charge in [-0.2, -0.15) is 0 Å². The van der Waals surface area contributed by atoms with Crippen molar-refractivity contribution in [2.45, 2.75) is 13.8 Å². The Morgan fingerprint density at radius 2 is 1.80 bits per heavy atom. The molecule has 1 aliphatic rings. The highest BCUT2D eigenvalue weighted by Crippen LogP contribution is 2.23. The first kappa shape index (κ1) is 20.4. The largest absolute Gasteiger partial charge is 0.351 e. The predicted molar refractivity (Wildman–Crippen MR) is 120 cm³/mol. The maximum atomic E-state index is 13.0. The molecule has 0 saturated carbocycles. The molecule has 0 atom stereocenters. The zero-order valence-electron chi connectivity index (χ0n) is 17.2. The Morgan fingerprint density at radius 3 is 2.53 bits per heavy atom. The van der Waals surface area contributed by atoms with Crippen LogP contribution in [0, 0.1) is 13.8 Å². The Labute approximate surface area is 180 Å². The average Bonchev–Trinajstić information content (AvgIpc) is 3.14. The summed E-state index contributed by atoms with van der Waals surface area (Å²) in [7, 11) is 0. The summed E-state index contributed by atoms with van der Waals surface area (Å²) in [4.78, 5) is 32.4. The molecular formula is C23H25ClN4O2. The summed E-state index contributed by atoms with van der Waals surface area (Å²) < 4.78 is 0. The number of hydrogen-bond acceptors (Lipinski definition) is 3. The van der Waals surface area contributed by atoms with Gasteiger partial charge < -0.3 is 15.2 Å². The van der Waals surface area contributed by atoms with Crippen LogP contribution in [0.3, 0.4) is 0 Å². The maximum Gasteiger partial charge on any atom is 0.270 e. The number of para-hydroxylation sites is 1. The number of hydrogen-bond donors (Lipinski definition) is 2. The third-order valence-electron chi connectivity index (χ3n) is 5.49. The monoisotopic (exact) mass is 424 g/mol. The fourth-order valence-corrected chi connectivity index (χ4v) is 4.13. The molecule has 1 saturated heterocycles. The first-order valence-electron chi connectivity index (χ1n) is 10.1. The van der Waals surface area contributed by atoms with Gasteiger partial charge in [0, 0.05) is 37.1 Å². The standard InChI is InChI=1S/C23H25ClN4O2/c1-15-11-16(2)17-13-21(25-20(17)12-15)23(30)28-9-7-27(8-10-28)14-22(29)26-19-6-4-3-5-18(19)24/h3-6,11-13,25H,7-10,14H2,1-2H3,(H,26,29). The van der Waals surface area contributed by atoms with Gasteiger partial charge in [-0.25, -0.2) is 0 Å². The van der Waals surface area contributed by atoms with Crippen molar-refractivity contribution in [2.24, 2.45) is 0 Å². The van der Waals surface area contributed by atoms with Crippen LogP contribution in [0.4, 0.5) is 5.69 Å². The van der Waals surface area contributed by atoms with E-state index >= 15 is 0 Å². The van der Waals surface area contributed by atoms with Crippen LogP contribution in [0.5, 0.6) is 0 Å². The number of piperazine rings is 1. The lowest BCUT2D eigenvalue weighted by atomic mass is 10.1. The van der Waals surface area contributed by atoms with Crippen molar-refractivity contribution < 1.29 is 9.59 Å². The molecule has 7 heteroatoms. The van der Waals surface area contributed by atoms with Crippen LogP contribution in [0.15, 0.2) is 42.5 Å². The molecule has 3 aromatic rings. The van der Waals surface area contributed by atoms with E-state index in [-0.39, 0.29) is 18.4 Å². The van der Waals surface area contributed by atoms with E-state index in [2.05, 4.69) is 41.2 Å². The summed E-state index contributed by atoms with van der Waals surface area (Å²) in [6, 6.07) is 13.3. The van der Waals surface area contributed by atoms with Gasteiger partial charge in [-0.3, -0.25) is 14.5 Å². The van der Waals surface area contributed by atoms with E-state index in [9.17, 15) is 9.59 Å². The number of H-pyrrole nitrogens is 1. The third kappa shape index (κ3) is 4.35. The molecule has 0 aliphatic carbocycles. The van der Waals surface area contributed by atoms with Crippen LogP contribution in [-0.2, 0) is 4.79 Å². The van der Waals surface area contributed by atoms with Crippen molar-refractivity contribution in [1.29, 1.82) is 0 Å². The van der Waals surface area contributed by atoms with Crippen molar-refractivity contribution in [1.82, 2.24) is 14.8 Å². The predicted octanol–water partition coefficient (Wildman–Crippen LogP) is 3.83. The van der Waals surface area contributed by atoms with Gasteiger partial charge in [0.25, 0.3) is 5.91 Å². The van der Waals surface area contributed by atoms with E-state index in [1.54, 1.807) is 12.1 Å². The lowest BCUT2D eigenvalue weighted by molar-refractivity contribution is -0.117. The Bertz CT molecular complexity index is 1100. The van der Waals surface area contributed by atoms with Crippen LogP contribution in [0.2, 0.25) is 5.02 Å². The number of carbonyl (C=O) groups excluding carboxylic acids is 2. The Kier molecular flexibility index (Phi) is 5.79. The number of carbonyl (C=O) groups is 2. The molecule has 1 aliphatic heterocycles. The summed E-state index contributed by atoms with van der Waals surface area (Å²) in [5, 5.41) is 4.44. The molecule has 0 unspecified atom stereocenters. The van der Waals surface area contributed by atoms with Crippen LogP contribution in [0.1, 0.15) is 21.6 Å². The van der Waals surface area contributed by atoms with Crippen LogP contribution < -0.4 is 5.32 Å². The van der Waals surface area contributed by atoms with E-state index < -0.39 is 0 Å². The minimum absolute atomic E-state index is 0.00317. The number of anilines is 1. The summed E-state index contributed by atoms with van der Waals surface area (Å²) in [6.07, 6.45) is 0. The van der Waals surface area contributed by atoms with Crippen molar-refractivity contribution in [3.05, 3.63) is 64.3 Å². The Morgan fingerprint density at radius 1 is 1.07 bits per heavy atom. The molecule has 0 radical (unpaired) electrons. The Balaban J connectivity index is 1.34. The smallest absolute Gasteiger partial charge is 0.270 e. The number of amides is 2. The SMILES string of the molecule is Cc1cc(C)c2cc(C(=O)N3CCN(CC(=O)Nc4ccccc4Cl)CC3)[nH]c2c1. The summed E-state index contributed by atoms with van der Waals surface area (Å²) >= 11 is 6.10. The van der Waals surface area contributed by atoms with Gasteiger partial charge in [0.1, 0.15) is 5.69 Å². The second-order valence-electron chi connectivity index (χ2n) is 7.82. The average molecular weight is 425 g/mol. The molecule has 2 amide bonds. The van der Waals surface area contributed by atoms with Crippen molar-refractivity contribution >= 4 is 40.0 Å². The number of nitrogens with zero attached hydrogens (tertiary/aromatic N) is 2. The molecule has 2 aromatic carbocycles. The van der Waals surface area contributed by atoms with Crippen LogP contribution >= 0.6 is 11.6 Å². The van der Waals surface area contributed by atoms with E-state index in [0.29, 0.717) is 42.6 Å². The molecule has 2 heterocycles. The third-order valence-corrected chi connectivity index (χ3v) is 5.82. The molecule has 0 bridgehead atoms. The minimum Gasteiger partial charge on any atom is -0.351 e. The van der Waals surface area contributed by atoms with Gasteiger partial charge in [-0.1, -0.05) is 29.8 Å². The molecule has 1 aromatic heterocycles. The van der Waals surface area contributed by atoms with Crippen LogP contribution in [-0.4, -0.2) is 59.3 Å². The van der Waals surface area contributed by atoms with Gasteiger partial charge in [-0.05, 0) is 49.2 Å². The quantitative estimate of drug-likeness (QED) is 0.668. The van der Waals surface area contributed by atoms with Crippen LogP contribution in [0.25, 0.3) is 10.9 Å². The number of aromatic nitrogens is 1. The normalized spacial score (nSPS) is 14.8. The molecule has 2 N–H and O–H groups in total. The molecule has 1 fully saturated rings. The Hall–Kier alpha value is -2.83. The molecule has 156 valence electrons. The first-order chi connectivity index (χ1) is 14.4. The zero-order chi connectivity index (χ0) is 21.3. The van der Waals surface area contributed by atoms with Gasteiger partial charge in [0.15, 0.2) is 0 Å². The zero-order valence-corrected chi connectivity index (χ0v) is 17.9. The number of nitrogens with one attached hydrogen (secondary N) is 2. The number of aromatic amines is 1. The van der Waals surface area contributed by atoms with E-state index in [0.717, 1.165) is 16.5 Å². The molecule has 4 rings (SSSR count). The van der Waals surface area contributed by atoms with Crippen molar-refractivity contribution in [3.63, 3.8) is 0 Å². The lowest BCUT2D eigenvalue weighted by Crippen LogP contribution is -2.50. The van der Waals surface area contributed by atoms with E-state index in [4.69, 9.17) is 11.6 Å². The topological polar surface area (TPSA) is 68.4 Å². The van der Waals surface area contributed by atoms with E-state index in [1.165, 1.54) is 5.56 Å². The second kappa shape index (κ2) is 8.50. The summed E-state index contributed by atoms with van der Waals surface area (Å²) in [5.41, 5.74) is 4.55.